The molecule has 0 spiro atoms. The van der Waals surface area contributed by atoms with Gasteiger partial charge in [-0.05, 0) is 18.9 Å². The second kappa shape index (κ2) is 5.06. The summed E-state index contributed by atoms with van der Waals surface area (Å²) in [7, 11) is 0. The molecule has 1 fully saturated rings. The molecular weight excluding hydrogens is 235 g/mol. The molecule has 1 aliphatic carbocycles. The normalized spacial score (nSPS) is 20.3. The van der Waals surface area contributed by atoms with Crippen molar-refractivity contribution in [1.29, 1.82) is 0 Å². The van der Waals surface area contributed by atoms with Gasteiger partial charge in [-0.3, -0.25) is 4.79 Å². The highest BCUT2D eigenvalue weighted by Gasteiger charge is 2.44. The first-order valence-corrected chi connectivity index (χ1v) is 6.24. The lowest BCUT2D eigenvalue weighted by molar-refractivity contribution is -0.148. The molecule has 1 aromatic carbocycles. The molecule has 18 heavy (non-hydrogen) atoms. The number of aliphatic hydroxyl groups is 1. The molecule has 0 heterocycles. The van der Waals surface area contributed by atoms with Gasteiger partial charge in [-0.15, -0.1) is 0 Å². The van der Waals surface area contributed by atoms with Gasteiger partial charge in [-0.2, -0.15) is 0 Å². The molecule has 0 amide bonds. The van der Waals surface area contributed by atoms with Gasteiger partial charge in [0.1, 0.15) is 11.7 Å². The van der Waals surface area contributed by atoms with Crippen LogP contribution in [0.5, 0.6) is 0 Å². The first kappa shape index (κ1) is 13.0. The molecule has 0 aromatic heterocycles. The SMILES string of the molecule is O=C(O)C(c1ccccc1F)C1(O)CCCCC1. The van der Waals surface area contributed by atoms with Gasteiger partial charge in [0.15, 0.2) is 0 Å². The maximum Gasteiger partial charge on any atom is 0.314 e. The Kier molecular flexibility index (Phi) is 3.66. The van der Waals surface area contributed by atoms with Crippen molar-refractivity contribution in [1.82, 2.24) is 0 Å². The van der Waals surface area contributed by atoms with E-state index in [0.717, 1.165) is 19.3 Å². The topological polar surface area (TPSA) is 57.5 Å². The van der Waals surface area contributed by atoms with Crippen molar-refractivity contribution in [2.24, 2.45) is 0 Å². The second-order valence-electron chi connectivity index (χ2n) is 4.96. The smallest absolute Gasteiger partial charge is 0.314 e. The van der Waals surface area contributed by atoms with E-state index >= 15 is 0 Å². The molecule has 0 saturated heterocycles. The molecule has 2 rings (SSSR count). The van der Waals surface area contributed by atoms with Crippen molar-refractivity contribution < 1.29 is 19.4 Å². The van der Waals surface area contributed by atoms with Gasteiger partial charge in [-0.25, -0.2) is 4.39 Å². The summed E-state index contributed by atoms with van der Waals surface area (Å²) >= 11 is 0. The highest BCUT2D eigenvalue weighted by molar-refractivity contribution is 5.78. The predicted octanol–water partition coefficient (Wildman–Crippen LogP) is 2.69. The van der Waals surface area contributed by atoms with E-state index < -0.39 is 23.3 Å². The predicted molar refractivity (Wildman–Crippen MR) is 64.8 cm³/mol. The Hall–Kier alpha value is -1.42. The van der Waals surface area contributed by atoms with Crippen molar-refractivity contribution in [3.05, 3.63) is 35.6 Å². The Morgan fingerprint density at radius 3 is 2.39 bits per heavy atom. The van der Waals surface area contributed by atoms with Gasteiger partial charge in [0.25, 0.3) is 0 Å². The number of aliphatic carboxylic acids is 1. The highest BCUT2D eigenvalue weighted by atomic mass is 19.1. The third-order valence-corrected chi connectivity index (χ3v) is 3.72. The van der Waals surface area contributed by atoms with Crippen LogP contribution in [0.25, 0.3) is 0 Å². The van der Waals surface area contributed by atoms with Crippen molar-refractivity contribution in [3.63, 3.8) is 0 Å². The van der Waals surface area contributed by atoms with E-state index in [0.29, 0.717) is 12.8 Å². The van der Waals surface area contributed by atoms with Gasteiger partial charge in [0.2, 0.25) is 0 Å². The van der Waals surface area contributed by atoms with Crippen LogP contribution in [-0.4, -0.2) is 21.8 Å². The van der Waals surface area contributed by atoms with Crippen LogP contribution in [-0.2, 0) is 4.79 Å². The summed E-state index contributed by atoms with van der Waals surface area (Å²) in [6.07, 6.45) is 3.39. The third kappa shape index (κ3) is 2.38. The number of hydrogen-bond acceptors (Lipinski definition) is 2. The maximum atomic E-state index is 13.8. The van der Waals surface area contributed by atoms with Gasteiger partial charge >= 0.3 is 5.97 Å². The first-order chi connectivity index (χ1) is 8.54. The molecule has 2 N–H and O–H groups in total. The number of carboxylic acid groups (broad SMARTS) is 1. The highest BCUT2D eigenvalue weighted by Crippen LogP contribution is 2.40. The Balaban J connectivity index is 2.40. The summed E-state index contributed by atoms with van der Waals surface area (Å²) in [4.78, 5) is 11.4. The Morgan fingerprint density at radius 2 is 1.83 bits per heavy atom. The summed E-state index contributed by atoms with van der Waals surface area (Å²) in [6.45, 7) is 0. The molecule has 1 atom stereocenters. The van der Waals surface area contributed by atoms with E-state index in [1.54, 1.807) is 6.07 Å². The van der Waals surface area contributed by atoms with Crippen LogP contribution in [0.4, 0.5) is 4.39 Å². The van der Waals surface area contributed by atoms with Crippen molar-refractivity contribution in [3.8, 4) is 0 Å². The zero-order valence-electron chi connectivity index (χ0n) is 10.1. The van der Waals surface area contributed by atoms with Crippen molar-refractivity contribution >= 4 is 5.97 Å². The Labute approximate surface area is 105 Å². The van der Waals surface area contributed by atoms with E-state index in [2.05, 4.69) is 0 Å². The van der Waals surface area contributed by atoms with Gasteiger partial charge < -0.3 is 10.2 Å². The van der Waals surface area contributed by atoms with Crippen LogP contribution in [0.15, 0.2) is 24.3 Å². The van der Waals surface area contributed by atoms with Crippen LogP contribution in [0, 0.1) is 5.82 Å². The average Bonchev–Trinajstić information content (AvgIpc) is 2.32. The van der Waals surface area contributed by atoms with Gasteiger partial charge in [0, 0.05) is 5.56 Å². The zero-order valence-corrected chi connectivity index (χ0v) is 10.1. The van der Waals surface area contributed by atoms with Crippen LogP contribution >= 0.6 is 0 Å². The van der Waals surface area contributed by atoms with E-state index in [4.69, 9.17) is 0 Å². The largest absolute Gasteiger partial charge is 0.481 e. The number of carboxylic acids is 1. The molecule has 3 nitrogen and oxygen atoms in total. The van der Waals surface area contributed by atoms with E-state index in [1.165, 1.54) is 18.2 Å². The van der Waals surface area contributed by atoms with Crippen LogP contribution < -0.4 is 0 Å². The molecule has 0 bridgehead atoms. The molecular formula is C14H17FO3. The lowest BCUT2D eigenvalue weighted by atomic mass is 9.72. The Bertz CT molecular complexity index is 438. The molecule has 4 heteroatoms. The minimum absolute atomic E-state index is 0.0781. The number of rotatable bonds is 3. The number of hydrogen-bond donors (Lipinski definition) is 2. The molecule has 98 valence electrons. The van der Waals surface area contributed by atoms with Gasteiger partial charge in [0.05, 0.1) is 5.60 Å². The lowest BCUT2D eigenvalue weighted by Gasteiger charge is -2.37. The molecule has 1 aromatic rings. The minimum Gasteiger partial charge on any atom is -0.481 e. The number of halogens is 1. The molecule has 1 saturated carbocycles. The number of carbonyl (C=O) groups is 1. The van der Waals surface area contributed by atoms with E-state index in [1.807, 2.05) is 0 Å². The molecule has 1 unspecified atom stereocenters. The summed E-state index contributed by atoms with van der Waals surface area (Å²) in [5.74, 6) is -2.91. The monoisotopic (exact) mass is 252 g/mol. The summed E-state index contributed by atoms with van der Waals surface area (Å²) in [5, 5.41) is 19.9. The molecule has 1 aliphatic rings. The summed E-state index contributed by atoms with van der Waals surface area (Å²) < 4.78 is 13.8. The fourth-order valence-electron chi connectivity index (χ4n) is 2.81. The fraction of sp³-hybridized carbons (Fsp3) is 0.500. The van der Waals surface area contributed by atoms with Gasteiger partial charge in [-0.1, -0.05) is 37.5 Å². The average molecular weight is 252 g/mol. The standard InChI is InChI=1S/C14H17FO3/c15-11-7-3-2-6-10(11)12(13(16)17)14(18)8-4-1-5-9-14/h2-3,6-7,12,18H,1,4-5,8-9H2,(H,16,17). The number of benzene rings is 1. The molecule has 0 radical (unpaired) electrons. The Morgan fingerprint density at radius 1 is 1.22 bits per heavy atom. The third-order valence-electron chi connectivity index (χ3n) is 3.72. The van der Waals surface area contributed by atoms with Crippen molar-refractivity contribution in [2.75, 3.05) is 0 Å². The summed E-state index contributed by atoms with van der Waals surface area (Å²) in [5.41, 5.74) is -1.25. The lowest BCUT2D eigenvalue weighted by Crippen LogP contribution is -2.42. The minimum atomic E-state index is -1.33. The van der Waals surface area contributed by atoms with Crippen LogP contribution in [0.2, 0.25) is 0 Å². The summed E-state index contributed by atoms with van der Waals surface area (Å²) in [6, 6.07) is 5.79. The van der Waals surface area contributed by atoms with Crippen LogP contribution in [0.3, 0.4) is 0 Å². The second-order valence-corrected chi connectivity index (χ2v) is 4.96. The fourth-order valence-corrected chi connectivity index (χ4v) is 2.81. The quantitative estimate of drug-likeness (QED) is 0.869. The van der Waals surface area contributed by atoms with Crippen molar-refractivity contribution in [2.45, 2.75) is 43.6 Å². The zero-order chi connectivity index (χ0) is 13.2. The van der Waals surface area contributed by atoms with E-state index in [9.17, 15) is 19.4 Å². The van der Waals surface area contributed by atoms with E-state index in [-0.39, 0.29) is 5.56 Å². The maximum absolute atomic E-state index is 13.8. The molecule has 0 aliphatic heterocycles. The van der Waals surface area contributed by atoms with Crippen LogP contribution in [0.1, 0.15) is 43.6 Å². The first-order valence-electron chi connectivity index (χ1n) is 6.24.